The van der Waals surface area contributed by atoms with Crippen molar-refractivity contribution in [2.45, 2.75) is 305 Å². The first-order valence-electron chi connectivity index (χ1n) is 34.3. The summed E-state index contributed by atoms with van der Waals surface area (Å²) in [4.78, 5) is 55.5. The van der Waals surface area contributed by atoms with Crippen LogP contribution in [0.3, 0.4) is 0 Å². The zero-order valence-electron chi connectivity index (χ0n) is 56.5. The van der Waals surface area contributed by atoms with Crippen molar-refractivity contribution >= 4 is 24.2 Å². The van der Waals surface area contributed by atoms with E-state index in [9.17, 15) is 91.0 Å². The highest BCUT2D eigenvalue weighted by molar-refractivity contribution is 5.79. The Morgan fingerprint density at radius 1 is 0.541 bits per heavy atom. The monoisotopic (exact) mass is 1410 g/mol. The fourth-order valence-electron chi connectivity index (χ4n) is 19.1. The molecule has 0 amide bonds. The van der Waals surface area contributed by atoms with Crippen LogP contribution in [0.25, 0.3) is 0 Å². The number of ether oxygens (including phenoxy) is 13. The minimum atomic E-state index is -2.11. The maximum absolute atomic E-state index is 16.1. The number of allylic oxidation sites excluding steroid dienone is 2. The van der Waals surface area contributed by atoms with Crippen LogP contribution < -0.4 is 0 Å². The van der Waals surface area contributed by atoms with Gasteiger partial charge in [0.1, 0.15) is 110 Å². The van der Waals surface area contributed by atoms with Crippen molar-refractivity contribution in [2.24, 2.45) is 50.2 Å². The molecule has 0 aromatic heterocycles. The van der Waals surface area contributed by atoms with Gasteiger partial charge in [-0.2, -0.15) is 0 Å². The van der Waals surface area contributed by atoms with Crippen LogP contribution in [0.15, 0.2) is 11.6 Å². The number of aliphatic hydroxyl groups is 14. The average Bonchev–Trinajstić information content (AvgIpc) is 0.758. The molecule has 32 heteroatoms. The molecule has 558 valence electrons. The zero-order chi connectivity index (χ0) is 71.6. The smallest absolute Gasteiger partial charge is 0.335 e. The summed E-state index contributed by atoms with van der Waals surface area (Å²) in [6.07, 6.45) is -41.7. The Balaban J connectivity index is 0.878. The van der Waals surface area contributed by atoms with Gasteiger partial charge in [-0.1, -0.05) is 53.2 Å². The molecule has 11 rings (SSSR count). The molecule has 32 nitrogen and oxygen atoms in total. The van der Waals surface area contributed by atoms with Crippen molar-refractivity contribution in [3.05, 3.63) is 11.6 Å². The maximum atomic E-state index is 16.1. The number of esters is 2. The number of aliphatic hydroxyl groups excluding tert-OH is 14. The lowest BCUT2D eigenvalue weighted by Gasteiger charge is -2.71. The molecule has 15 N–H and O–H groups in total. The van der Waals surface area contributed by atoms with Gasteiger partial charge >= 0.3 is 17.9 Å². The summed E-state index contributed by atoms with van der Waals surface area (Å²) >= 11 is 0. The Bertz CT molecular complexity index is 2890. The number of carboxylic acids is 1. The van der Waals surface area contributed by atoms with Crippen molar-refractivity contribution in [3.63, 3.8) is 0 Å². The van der Waals surface area contributed by atoms with Gasteiger partial charge in [0.05, 0.1) is 49.0 Å². The molecule has 98 heavy (non-hydrogen) atoms. The topological polar surface area (TPSA) is 492 Å². The molecule has 6 heterocycles. The van der Waals surface area contributed by atoms with Crippen molar-refractivity contribution < 1.29 is 157 Å². The van der Waals surface area contributed by atoms with Crippen LogP contribution in [0.5, 0.6) is 0 Å². The third kappa shape index (κ3) is 13.0. The Labute approximate surface area is 566 Å². The third-order valence-electron chi connectivity index (χ3n) is 25.0. The van der Waals surface area contributed by atoms with Crippen LogP contribution in [0.2, 0.25) is 0 Å². The van der Waals surface area contributed by atoms with Crippen LogP contribution >= 0.6 is 0 Å². The molecule has 0 radical (unpaired) electrons. The van der Waals surface area contributed by atoms with Gasteiger partial charge in [-0.15, -0.1) is 0 Å². The second kappa shape index (κ2) is 28.4. The Hall–Kier alpha value is -3.18. The number of fused-ring (bicyclic) bond motifs is 7. The number of aliphatic carboxylic acids is 1. The number of hydrogen-bond donors (Lipinski definition) is 15. The summed E-state index contributed by atoms with van der Waals surface area (Å²) in [6.45, 7) is 14.8. The van der Waals surface area contributed by atoms with Crippen molar-refractivity contribution in [2.75, 3.05) is 19.8 Å². The van der Waals surface area contributed by atoms with Crippen molar-refractivity contribution in [3.8, 4) is 0 Å². The van der Waals surface area contributed by atoms with Gasteiger partial charge < -0.3 is 143 Å². The first kappa shape index (κ1) is 76.0. The maximum Gasteiger partial charge on any atom is 0.335 e. The number of hydrogen-bond acceptors (Lipinski definition) is 31. The van der Waals surface area contributed by atoms with Crippen LogP contribution in [0.1, 0.15) is 127 Å². The highest BCUT2D eigenvalue weighted by Crippen LogP contribution is 2.76. The van der Waals surface area contributed by atoms with E-state index in [0.29, 0.717) is 57.8 Å². The van der Waals surface area contributed by atoms with Crippen LogP contribution in [-0.4, -0.2) is 299 Å². The minimum absolute atomic E-state index is 0.0804. The predicted octanol–water partition coefficient (Wildman–Crippen LogP) is -3.21. The molecule has 0 aromatic carbocycles. The molecule has 0 spiro atoms. The second-order valence-corrected chi connectivity index (χ2v) is 31.2. The molecule has 0 bridgehead atoms. The molecule has 37 atom stereocenters. The molecule has 6 saturated heterocycles. The van der Waals surface area contributed by atoms with Gasteiger partial charge in [0.25, 0.3) is 0 Å². The average molecular weight is 1410 g/mol. The number of carbonyl (C=O) groups is 4. The van der Waals surface area contributed by atoms with E-state index in [0.717, 1.165) is 18.8 Å². The van der Waals surface area contributed by atoms with E-state index in [-0.39, 0.29) is 23.7 Å². The number of carboxylic acid groups (broad SMARTS) is 1. The Kier molecular flexibility index (Phi) is 22.0. The Morgan fingerprint density at radius 3 is 1.72 bits per heavy atom. The van der Waals surface area contributed by atoms with Crippen molar-refractivity contribution in [1.82, 2.24) is 0 Å². The second-order valence-electron chi connectivity index (χ2n) is 31.2. The highest BCUT2D eigenvalue weighted by atomic mass is 16.8. The molecule has 6 aliphatic heterocycles. The van der Waals surface area contributed by atoms with E-state index in [1.54, 1.807) is 6.92 Å². The summed E-state index contributed by atoms with van der Waals surface area (Å²) in [5.41, 5.74) is -3.39. The van der Waals surface area contributed by atoms with Crippen LogP contribution in [-0.2, 0) is 80.8 Å². The molecule has 4 saturated carbocycles. The zero-order valence-corrected chi connectivity index (χ0v) is 56.5. The van der Waals surface area contributed by atoms with Crippen LogP contribution in [0.4, 0.5) is 0 Å². The van der Waals surface area contributed by atoms with Gasteiger partial charge in [-0.3, -0.25) is 9.59 Å². The molecular formula is C66H102O32. The first-order valence-corrected chi connectivity index (χ1v) is 34.3. The fourth-order valence-corrected chi connectivity index (χ4v) is 19.1. The van der Waals surface area contributed by atoms with Gasteiger partial charge in [-0.05, 0) is 117 Å². The standard InChI is InChI=1S/C66H102O32/c1-25-47(93-54-43(79)36(72)30(71)23-86-54)42(78)46(82)55(87-25)97-52-51(96-56-44(80)38(74)32(22-68)91-56)48(89-27(3)70)26(2)88-59(52)98-60(85)66-18-16-61(4,5)20-29(66)28-10-11-34-62(6)14-13-35(63(7,24-69)33(62)12-15-65(34,9)64(28,8)17-19-66)92-58-50(41(77)40(76)49(94-58)53(83)84)95-57-45(81)39(75)37(73)31(21-67)90-57/h10,24-26,29-52,54-59,67-68,71-82H,11-23H2,1-9H3,(H,83,84)/t25-,26+,29-,30+,31+,32+,33+,34+,35-,36-,37-,38+,39-,40-,41-,42+,43+,44-,45+,46+,47-,48-,49-,50+,51-,52+,54-,55+,56-,57+,58+,59-,62+,63-,64+,65+,66-/m0/s1. The third-order valence-corrected chi connectivity index (χ3v) is 25.0. The van der Waals surface area contributed by atoms with E-state index in [1.165, 1.54) is 13.8 Å². The van der Waals surface area contributed by atoms with Crippen molar-refractivity contribution in [1.29, 1.82) is 0 Å². The van der Waals surface area contributed by atoms with E-state index in [2.05, 4.69) is 40.7 Å². The molecule has 11 aliphatic rings. The normalized spacial score (nSPS) is 53.2. The largest absolute Gasteiger partial charge is 0.479 e. The number of rotatable bonds is 17. The van der Waals surface area contributed by atoms with Gasteiger partial charge in [0.2, 0.25) is 6.29 Å². The van der Waals surface area contributed by atoms with E-state index < -0.39 is 249 Å². The summed E-state index contributed by atoms with van der Waals surface area (Å²) in [7, 11) is 0. The van der Waals surface area contributed by atoms with Gasteiger partial charge in [0, 0.05) is 6.92 Å². The summed E-state index contributed by atoms with van der Waals surface area (Å²) in [5.74, 6) is -4.07. The molecule has 0 unspecified atom stereocenters. The summed E-state index contributed by atoms with van der Waals surface area (Å²) in [6, 6.07) is 0. The van der Waals surface area contributed by atoms with E-state index >= 15 is 4.79 Å². The van der Waals surface area contributed by atoms with E-state index in [1.807, 2.05) is 0 Å². The fraction of sp³-hybridized carbons (Fsp3) is 0.909. The quantitative estimate of drug-likeness (QED) is 0.0295. The molecular weight excluding hydrogens is 1300 g/mol. The molecule has 5 aliphatic carbocycles. The van der Waals surface area contributed by atoms with Gasteiger partial charge in [0.15, 0.2) is 49.8 Å². The first-order chi connectivity index (χ1) is 46.0. The molecule has 10 fully saturated rings. The summed E-state index contributed by atoms with van der Waals surface area (Å²) in [5, 5.41) is 162. The van der Waals surface area contributed by atoms with E-state index in [4.69, 9.17) is 61.6 Å². The minimum Gasteiger partial charge on any atom is -0.479 e. The lowest BCUT2D eigenvalue weighted by Crippen LogP contribution is -2.68. The Morgan fingerprint density at radius 2 is 1.09 bits per heavy atom. The molecule has 0 aromatic rings. The number of aldehydes is 1. The lowest BCUT2D eigenvalue weighted by atomic mass is 9.33. The number of carbonyl (C=O) groups excluding carboxylic acids is 3. The summed E-state index contributed by atoms with van der Waals surface area (Å²) < 4.78 is 79.1. The SMILES string of the molecule is CC(=O)O[C@@H]1[C@H](O[C@@H]2O[C@H](CO)[C@@H](O)[C@@H]2O)[C@@H](O[C@H]2O[C@@H](C)[C@H](O[C@@H]3OC[C@@H](O)[C@H](O)[C@H]3O)[C@H](O)[C@H]2O)[C@H](OC(=O)[C@]23CCC(C)(C)C[C@H]2C2=CC[C@@H]4[C@]5(C)CC[C@H](O[C@@H]6O[C@H](C(=O)O)[C@@H](O)[C@H](O)[C@H]6O[C@H]6O[C@H](CO)[C@H](O)[C@H](O)[C@H]6O)[C@@](C)(C=O)[C@@H]5CC[C@@]4(C)[C@]2(C)CC3)O[C@@H]1C. The predicted molar refractivity (Wildman–Crippen MR) is 324 cm³/mol. The van der Waals surface area contributed by atoms with Gasteiger partial charge in [-0.25, -0.2) is 4.79 Å². The lowest BCUT2D eigenvalue weighted by molar-refractivity contribution is -0.382. The van der Waals surface area contributed by atoms with Crippen LogP contribution in [0, 0.1) is 50.2 Å². The highest BCUT2D eigenvalue weighted by Gasteiger charge is 2.71.